The van der Waals surface area contributed by atoms with Gasteiger partial charge in [-0.2, -0.15) is 0 Å². The van der Waals surface area contributed by atoms with E-state index in [2.05, 4.69) is 10.1 Å². The van der Waals surface area contributed by atoms with E-state index in [1.54, 1.807) is 0 Å². The highest BCUT2D eigenvalue weighted by Crippen LogP contribution is 1.84. The number of carbonyl (C=O) groups is 1. The predicted molar refractivity (Wildman–Crippen MR) is 42.8 cm³/mol. The van der Waals surface area contributed by atoms with Gasteiger partial charge in [0.25, 0.3) is 0 Å². The summed E-state index contributed by atoms with van der Waals surface area (Å²) in [5, 5.41) is 19.2. The molecule has 0 rings (SSSR count). The van der Waals surface area contributed by atoms with E-state index >= 15 is 0 Å². The van der Waals surface area contributed by atoms with Crippen molar-refractivity contribution >= 4 is 6.09 Å². The van der Waals surface area contributed by atoms with Gasteiger partial charge in [0, 0.05) is 13.2 Å². The molecule has 0 unspecified atom stereocenters. The SMILES string of the molecule is O=C(NCCCCO)OCCO. The Balaban J connectivity index is 3.08. The summed E-state index contributed by atoms with van der Waals surface area (Å²) in [5.41, 5.74) is 0. The summed E-state index contributed by atoms with van der Waals surface area (Å²) in [6.07, 6.45) is 0.868. The molecule has 3 N–H and O–H groups in total. The summed E-state index contributed by atoms with van der Waals surface area (Å²) >= 11 is 0. The molecule has 0 aromatic heterocycles. The first-order valence-corrected chi connectivity index (χ1v) is 3.93. The molecule has 5 nitrogen and oxygen atoms in total. The lowest BCUT2D eigenvalue weighted by Crippen LogP contribution is -2.26. The van der Waals surface area contributed by atoms with Crippen LogP contribution in [-0.4, -0.2) is 42.7 Å². The van der Waals surface area contributed by atoms with Gasteiger partial charge in [0.05, 0.1) is 6.61 Å². The third kappa shape index (κ3) is 7.30. The van der Waals surface area contributed by atoms with E-state index in [0.29, 0.717) is 13.0 Å². The maximum Gasteiger partial charge on any atom is 0.407 e. The van der Waals surface area contributed by atoms with Gasteiger partial charge in [0.1, 0.15) is 6.61 Å². The Labute approximate surface area is 71.3 Å². The molecule has 0 bridgehead atoms. The zero-order chi connectivity index (χ0) is 9.23. The largest absolute Gasteiger partial charge is 0.447 e. The van der Waals surface area contributed by atoms with Crippen LogP contribution in [0.4, 0.5) is 4.79 Å². The monoisotopic (exact) mass is 177 g/mol. The van der Waals surface area contributed by atoms with E-state index < -0.39 is 6.09 Å². The Hall–Kier alpha value is -0.810. The number of ether oxygens (including phenoxy) is 1. The van der Waals surface area contributed by atoms with Crippen LogP contribution < -0.4 is 5.32 Å². The maximum absolute atomic E-state index is 10.7. The van der Waals surface area contributed by atoms with E-state index in [1.807, 2.05) is 0 Å². The van der Waals surface area contributed by atoms with Gasteiger partial charge in [0.2, 0.25) is 0 Å². The molecule has 0 fully saturated rings. The first-order valence-electron chi connectivity index (χ1n) is 3.93. The van der Waals surface area contributed by atoms with Crippen molar-refractivity contribution in [2.24, 2.45) is 0 Å². The fraction of sp³-hybridized carbons (Fsp3) is 0.857. The van der Waals surface area contributed by atoms with Crippen molar-refractivity contribution in [2.75, 3.05) is 26.4 Å². The molecule has 0 aromatic carbocycles. The van der Waals surface area contributed by atoms with Crippen molar-refractivity contribution in [3.05, 3.63) is 0 Å². The Morgan fingerprint density at radius 3 is 2.58 bits per heavy atom. The summed E-state index contributed by atoms with van der Waals surface area (Å²) in [5.74, 6) is 0. The molecule has 0 aliphatic carbocycles. The van der Waals surface area contributed by atoms with Crippen molar-refractivity contribution < 1.29 is 19.7 Å². The fourth-order valence-electron chi connectivity index (χ4n) is 0.617. The molecule has 1 amide bonds. The van der Waals surface area contributed by atoms with Crippen LogP contribution in [0.3, 0.4) is 0 Å². The van der Waals surface area contributed by atoms with Gasteiger partial charge in [-0.1, -0.05) is 0 Å². The molecule has 0 saturated carbocycles. The van der Waals surface area contributed by atoms with Crippen LogP contribution >= 0.6 is 0 Å². The van der Waals surface area contributed by atoms with Crippen molar-refractivity contribution in [3.63, 3.8) is 0 Å². The summed E-state index contributed by atoms with van der Waals surface area (Å²) in [7, 11) is 0. The van der Waals surface area contributed by atoms with Crippen LogP contribution in [-0.2, 0) is 4.74 Å². The molecule has 12 heavy (non-hydrogen) atoms. The third-order valence-corrected chi connectivity index (χ3v) is 1.18. The number of rotatable bonds is 6. The minimum Gasteiger partial charge on any atom is -0.447 e. The van der Waals surface area contributed by atoms with Crippen LogP contribution in [0, 0.1) is 0 Å². The lowest BCUT2D eigenvalue weighted by molar-refractivity contribution is 0.119. The van der Waals surface area contributed by atoms with E-state index in [4.69, 9.17) is 10.2 Å². The van der Waals surface area contributed by atoms with Crippen LogP contribution in [0.5, 0.6) is 0 Å². The van der Waals surface area contributed by atoms with Gasteiger partial charge in [-0.3, -0.25) is 0 Å². The Morgan fingerprint density at radius 1 is 1.25 bits per heavy atom. The van der Waals surface area contributed by atoms with Crippen LogP contribution in [0.15, 0.2) is 0 Å². The van der Waals surface area contributed by atoms with E-state index in [-0.39, 0.29) is 19.8 Å². The zero-order valence-electron chi connectivity index (χ0n) is 6.95. The number of carbonyl (C=O) groups excluding carboxylic acids is 1. The van der Waals surface area contributed by atoms with Gasteiger partial charge in [-0.15, -0.1) is 0 Å². The molecule has 0 aliphatic rings. The summed E-state index contributed by atoms with van der Waals surface area (Å²) in [6, 6.07) is 0. The Kier molecular flexibility index (Phi) is 7.73. The van der Waals surface area contributed by atoms with Crippen LogP contribution in [0.25, 0.3) is 0 Å². The predicted octanol–water partition coefficient (Wildman–Crippen LogP) is -0.523. The summed E-state index contributed by atoms with van der Waals surface area (Å²) < 4.78 is 4.51. The van der Waals surface area contributed by atoms with Gasteiger partial charge < -0.3 is 20.3 Å². The standard InChI is InChI=1S/C7H15NO4/c9-4-2-1-3-8-7(11)12-6-5-10/h9-10H,1-6H2,(H,8,11). The van der Waals surface area contributed by atoms with E-state index in [1.165, 1.54) is 0 Å². The molecular formula is C7H15NO4. The molecule has 0 radical (unpaired) electrons. The second-order valence-electron chi connectivity index (χ2n) is 2.22. The Morgan fingerprint density at radius 2 is 2.00 bits per heavy atom. The maximum atomic E-state index is 10.7. The molecule has 0 saturated heterocycles. The van der Waals surface area contributed by atoms with Crippen molar-refractivity contribution in [2.45, 2.75) is 12.8 Å². The normalized spacial score (nSPS) is 9.50. The topological polar surface area (TPSA) is 78.8 Å². The number of aliphatic hydroxyl groups excluding tert-OH is 2. The van der Waals surface area contributed by atoms with Gasteiger partial charge in [0.15, 0.2) is 0 Å². The van der Waals surface area contributed by atoms with Gasteiger partial charge in [-0.25, -0.2) is 4.79 Å². The third-order valence-electron chi connectivity index (χ3n) is 1.18. The number of nitrogens with one attached hydrogen (secondary N) is 1. The molecule has 0 spiro atoms. The summed E-state index contributed by atoms with van der Waals surface area (Å²) in [6.45, 7) is 0.480. The first-order chi connectivity index (χ1) is 5.81. The number of hydrogen-bond donors (Lipinski definition) is 3. The smallest absolute Gasteiger partial charge is 0.407 e. The number of hydrogen-bond acceptors (Lipinski definition) is 4. The minimum absolute atomic E-state index is 0.0197. The van der Waals surface area contributed by atoms with Gasteiger partial charge >= 0.3 is 6.09 Å². The highest BCUT2D eigenvalue weighted by atomic mass is 16.6. The molecule has 0 heterocycles. The highest BCUT2D eigenvalue weighted by Gasteiger charge is 1.98. The fourth-order valence-corrected chi connectivity index (χ4v) is 0.617. The average Bonchev–Trinajstić information content (AvgIpc) is 2.09. The number of amides is 1. The molecule has 0 atom stereocenters. The van der Waals surface area contributed by atoms with E-state index in [0.717, 1.165) is 6.42 Å². The average molecular weight is 177 g/mol. The first kappa shape index (κ1) is 11.2. The number of unbranched alkanes of at least 4 members (excludes halogenated alkanes) is 1. The lowest BCUT2D eigenvalue weighted by atomic mass is 10.3. The zero-order valence-corrected chi connectivity index (χ0v) is 6.95. The molecular weight excluding hydrogens is 162 g/mol. The highest BCUT2D eigenvalue weighted by molar-refractivity contribution is 5.66. The molecule has 0 aromatic rings. The Bertz CT molecular complexity index is 118. The van der Waals surface area contributed by atoms with Crippen molar-refractivity contribution in [3.8, 4) is 0 Å². The van der Waals surface area contributed by atoms with Crippen molar-refractivity contribution in [1.29, 1.82) is 0 Å². The molecule has 5 heteroatoms. The number of aliphatic hydroxyl groups is 2. The second-order valence-corrected chi connectivity index (χ2v) is 2.22. The van der Waals surface area contributed by atoms with E-state index in [9.17, 15) is 4.79 Å². The second kappa shape index (κ2) is 8.29. The number of alkyl carbamates (subject to hydrolysis) is 1. The summed E-state index contributed by atoms with van der Waals surface area (Å²) in [4.78, 5) is 10.7. The molecule has 0 aliphatic heterocycles. The van der Waals surface area contributed by atoms with Gasteiger partial charge in [-0.05, 0) is 12.8 Å². The molecule has 72 valence electrons. The van der Waals surface area contributed by atoms with Crippen molar-refractivity contribution in [1.82, 2.24) is 5.32 Å². The quantitative estimate of drug-likeness (QED) is 0.477. The lowest BCUT2D eigenvalue weighted by Gasteiger charge is -2.04. The van der Waals surface area contributed by atoms with Crippen LogP contribution in [0.1, 0.15) is 12.8 Å². The van der Waals surface area contributed by atoms with Crippen LogP contribution in [0.2, 0.25) is 0 Å². The minimum atomic E-state index is -0.526.